The second-order valence-electron chi connectivity index (χ2n) is 3.61. The minimum absolute atomic E-state index is 0.212. The molecule has 2 unspecified atom stereocenters. The zero-order chi connectivity index (χ0) is 10.1. The van der Waals surface area contributed by atoms with Crippen molar-refractivity contribution < 1.29 is 0 Å². The van der Waals surface area contributed by atoms with Gasteiger partial charge in [-0.1, -0.05) is 0 Å². The van der Waals surface area contributed by atoms with Crippen molar-refractivity contribution in [2.24, 2.45) is 5.73 Å². The number of hydrogen-bond acceptors (Lipinski definition) is 4. The summed E-state index contributed by atoms with van der Waals surface area (Å²) in [6.07, 6.45) is 2.66. The molecule has 72 valence electrons. The Hall–Kier alpha value is -1.60. The fraction of sp³-hybridized carbons (Fsp3) is 0.400. The van der Waals surface area contributed by atoms with Gasteiger partial charge in [0, 0.05) is 18.3 Å². The summed E-state index contributed by atoms with van der Waals surface area (Å²) in [4.78, 5) is 4.14. The van der Waals surface area contributed by atoms with Crippen LogP contribution in [0.4, 0.5) is 5.82 Å². The summed E-state index contributed by atoms with van der Waals surface area (Å²) in [5.74, 6) is 0.658. The van der Waals surface area contributed by atoms with Gasteiger partial charge in [0.25, 0.3) is 0 Å². The molecule has 1 aromatic rings. The number of nitrogens with two attached hydrogens (primary N) is 1. The first kappa shape index (κ1) is 8.97. The molecule has 0 aliphatic heterocycles. The number of nitriles is 1. The molecule has 4 nitrogen and oxygen atoms in total. The maximum atomic E-state index is 8.94. The lowest BCUT2D eigenvalue weighted by Gasteiger charge is -2.07. The van der Waals surface area contributed by atoms with Crippen LogP contribution >= 0.6 is 0 Å². The van der Waals surface area contributed by atoms with E-state index in [4.69, 9.17) is 11.0 Å². The van der Waals surface area contributed by atoms with Crippen molar-refractivity contribution in [2.45, 2.75) is 25.4 Å². The summed E-state index contributed by atoms with van der Waals surface area (Å²) >= 11 is 0. The molecule has 1 aliphatic carbocycles. The summed E-state index contributed by atoms with van der Waals surface area (Å²) in [5.41, 5.74) is 7.23. The van der Waals surface area contributed by atoms with Gasteiger partial charge in [0.05, 0.1) is 5.56 Å². The van der Waals surface area contributed by atoms with Crippen molar-refractivity contribution in [1.82, 2.24) is 4.98 Å². The molecule has 0 radical (unpaired) electrons. The molecule has 4 heteroatoms. The highest BCUT2D eigenvalue weighted by molar-refractivity contribution is 5.56. The number of nitrogens with one attached hydrogen (secondary N) is 1. The fourth-order valence-electron chi connectivity index (χ4n) is 1.37. The summed E-state index contributed by atoms with van der Waals surface area (Å²) in [6, 6.07) is 4.48. The molecule has 0 amide bonds. The number of rotatable bonds is 2. The van der Waals surface area contributed by atoms with Gasteiger partial charge in [-0.2, -0.15) is 5.26 Å². The molecule has 0 spiro atoms. The van der Waals surface area contributed by atoms with Crippen LogP contribution in [-0.4, -0.2) is 17.1 Å². The van der Waals surface area contributed by atoms with Crippen LogP contribution in [0.3, 0.4) is 0 Å². The third-order valence-corrected chi connectivity index (χ3v) is 2.43. The van der Waals surface area contributed by atoms with E-state index in [1.54, 1.807) is 6.20 Å². The standard InChI is InChI=1S/C10H12N4/c1-6-2-3-13-10(7(6)5-11)14-9-4-8(9)12/h2-3,8-9H,4,12H2,1H3,(H,13,14). The van der Waals surface area contributed by atoms with E-state index in [1.807, 2.05) is 13.0 Å². The summed E-state index contributed by atoms with van der Waals surface area (Å²) in [5, 5.41) is 12.1. The minimum Gasteiger partial charge on any atom is -0.365 e. The Morgan fingerprint density at radius 1 is 1.71 bits per heavy atom. The fourth-order valence-corrected chi connectivity index (χ4v) is 1.37. The average molecular weight is 188 g/mol. The van der Waals surface area contributed by atoms with Crippen LogP contribution in [0.5, 0.6) is 0 Å². The summed E-state index contributed by atoms with van der Waals surface area (Å²) in [7, 11) is 0. The van der Waals surface area contributed by atoms with Crippen molar-refractivity contribution in [3.8, 4) is 6.07 Å². The van der Waals surface area contributed by atoms with Crippen molar-refractivity contribution >= 4 is 5.82 Å². The Bertz CT molecular complexity index is 394. The van der Waals surface area contributed by atoms with Crippen molar-refractivity contribution in [1.29, 1.82) is 5.26 Å². The van der Waals surface area contributed by atoms with Crippen molar-refractivity contribution in [3.63, 3.8) is 0 Å². The second-order valence-corrected chi connectivity index (χ2v) is 3.61. The van der Waals surface area contributed by atoms with E-state index < -0.39 is 0 Å². The highest BCUT2D eigenvalue weighted by Crippen LogP contribution is 2.25. The van der Waals surface area contributed by atoms with Gasteiger partial charge in [-0.05, 0) is 25.0 Å². The molecule has 14 heavy (non-hydrogen) atoms. The van der Waals surface area contributed by atoms with Crippen LogP contribution in [0.25, 0.3) is 0 Å². The molecule has 0 saturated heterocycles. The topological polar surface area (TPSA) is 74.7 Å². The molecule has 2 atom stereocenters. The SMILES string of the molecule is Cc1ccnc(NC2CC2N)c1C#N. The highest BCUT2D eigenvalue weighted by Gasteiger charge is 2.34. The van der Waals surface area contributed by atoms with Gasteiger partial charge in [0.1, 0.15) is 11.9 Å². The smallest absolute Gasteiger partial charge is 0.144 e. The molecule has 1 heterocycles. The predicted molar refractivity (Wildman–Crippen MR) is 53.7 cm³/mol. The van der Waals surface area contributed by atoms with E-state index in [1.165, 1.54) is 0 Å². The van der Waals surface area contributed by atoms with Gasteiger partial charge in [-0.3, -0.25) is 0 Å². The Kier molecular flexibility index (Phi) is 2.10. The molecule has 1 saturated carbocycles. The first-order valence-electron chi connectivity index (χ1n) is 4.60. The molecule has 0 bridgehead atoms. The van der Waals surface area contributed by atoms with E-state index in [2.05, 4.69) is 16.4 Å². The van der Waals surface area contributed by atoms with Gasteiger partial charge in [0.15, 0.2) is 0 Å². The third kappa shape index (κ3) is 1.54. The van der Waals surface area contributed by atoms with E-state index in [0.717, 1.165) is 12.0 Å². The Morgan fingerprint density at radius 3 is 3.00 bits per heavy atom. The molecular formula is C10H12N4. The van der Waals surface area contributed by atoms with Gasteiger partial charge in [-0.25, -0.2) is 4.98 Å². The molecule has 1 aromatic heterocycles. The zero-order valence-electron chi connectivity index (χ0n) is 7.99. The molecule has 1 aliphatic rings. The van der Waals surface area contributed by atoms with Crippen LogP contribution in [-0.2, 0) is 0 Å². The number of pyridine rings is 1. The van der Waals surface area contributed by atoms with Gasteiger partial charge in [-0.15, -0.1) is 0 Å². The van der Waals surface area contributed by atoms with E-state index in [0.29, 0.717) is 11.4 Å². The summed E-state index contributed by atoms with van der Waals surface area (Å²) in [6.45, 7) is 1.90. The quantitative estimate of drug-likeness (QED) is 0.719. The van der Waals surface area contributed by atoms with E-state index in [-0.39, 0.29) is 12.1 Å². The first-order chi connectivity index (χ1) is 6.72. The lowest BCUT2D eigenvalue weighted by atomic mass is 10.1. The maximum absolute atomic E-state index is 8.94. The van der Waals surface area contributed by atoms with Crippen LogP contribution in [0.1, 0.15) is 17.5 Å². The zero-order valence-corrected chi connectivity index (χ0v) is 7.99. The number of aromatic nitrogens is 1. The van der Waals surface area contributed by atoms with Crippen molar-refractivity contribution in [2.75, 3.05) is 5.32 Å². The first-order valence-corrected chi connectivity index (χ1v) is 4.60. The van der Waals surface area contributed by atoms with Crippen LogP contribution in [0.2, 0.25) is 0 Å². The lowest BCUT2D eigenvalue weighted by Crippen LogP contribution is -2.15. The van der Waals surface area contributed by atoms with Crippen LogP contribution < -0.4 is 11.1 Å². The Balaban J connectivity index is 2.24. The molecule has 3 N–H and O–H groups in total. The second kappa shape index (κ2) is 3.28. The van der Waals surface area contributed by atoms with E-state index in [9.17, 15) is 0 Å². The van der Waals surface area contributed by atoms with Gasteiger partial charge < -0.3 is 11.1 Å². The molecule has 1 fully saturated rings. The highest BCUT2D eigenvalue weighted by atomic mass is 15.1. The van der Waals surface area contributed by atoms with Crippen LogP contribution in [0.15, 0.2) is 12.3 Å². The monoisotopic (exact) mass is 188 g/mol. The summed E-state index contributed by atoms with van der Waals surface area (Å²) < 4.78 is 0. The maximum Gasteiger partial charge on any atom is 0.144 e. The van der Waals surface area contributed by atoms with Gasteiger partial charge >= 0.3 is 0 Å². The van der Waals surface area contributed by atoms with Gasteiger partial charge in [0.2, 0.25) is 0 Å². The number of aryl methyl sites for hydroxylation is 1. The normalized spacial score (nSPS) is 24.1. The van der Waals surface area contributed by atoms with E-state index >= 15 is 0 Å². The average Bonchev–Trinajstić information content (AvgIpc) is 2.82. The molecule has 0 aromatic carbocycles. The number of anilines is 1. The molecule has 2 rings (SSSR count). The Labute approximate surface area is 82.8 Å². The Morgan fingerprint density at radius 2 is 2.43 bits per heavy atom. The van der Waals surface area contributed by atoms with Crippen molar-refractivity contribution in [3.05, 3.63) is 23.4 Å². The lowest BCUT2D eigenvalue weighted by molar-refractivity contribution is 0.993. The minimum atomic E-state index is 0.212. The predicted octanol–water partition coefficient (Wildman–Crippen LogP) is 0.773. The number of nitrogens with zero attached hydrogens (tertiary/aromatic N) is 2. The molecular weight excluding hydrogens is 176 g/mol. The largest absolute Gasteiger partial charge is 0.365 e. The number of hydrogen-bond donors (Lipinski definition) is 2. The third-order valence-electron chi connectivity index (χ3n) is 2.43. The van der Waals surface area contributed by atoms with Crippen LogP contribution in [0, 0.1) is 18.3 Å².